The standard InChI is InChI=1S/C22H27ClN4O4/c1-3-15-8-10-17(11-9-15)26-21(30)31-14-22(2,27-19(28)12-24)20(29)25-13-16-6-4-5-7-18(16)23/h4-11H,3,12-14,24H2,1-2H3,(H,25,29)(H,26,30)(H,27,28). The molecule has 2 aromatic rings. The minimum Gasteiger partial charge on any atom is -0.446 e. The Balaban J connectivity index is 2.01. The number of rotatable bonds is 9. The summed E-state index contributed by atoms with van der Waals surface area (Å²) < 4.78 is 5.22. The van der Waals surface area contributed by atoms with E-state index in [1.165, 1.54) is 6.92 Å². The molecule has 0 spiro atoms. The molecule has 0 radical (unpaired) electrons. The van der Waals surface area contributed by atoms with Gasteiger partial charge < -0.3 is 21.1 Å². The first-order valence-corrected chi connectivity index (χ1v) is 10.2. The van der Waals surface area contributed by atoms with Crippen LogP contribution in [0.4, 0.5) is 10.5 Å². The summed E-state index contributed by atoms with van der Waals surface area (Å²) >= 11 is 6.11. The van der Waals surface area contributed by atoms with Crippen molar-refractivity contribution in [2.24, 2.45) is 5.73 Å². The van der Waals surface area contributed by atoms with Gasteiger partial charge >= 0.3 is 6.09 Å². The third-order valence-electron chi connectivity index (χ3n) is 4.60. The van der Waals surface area contributed by atoms with E-state index >= 15 is 0 Å². The summed E-state index contributed by atoms with van der Waals surface area (Å²) in [6.07, 6.45) is 0.129. The van der Waals surface area contributed by atoms with Crippen molar-refractivity contribution in [2.75, 3.05) is 18.5 Å². The third-order valence-corrected chi connectivity index (χ3v) is 4.97. The largest absolute Gasteiger partial charge is 0.446 e. The van der Waals surface area contributed by atoms with Gasteiger partial charge in [-0.2, -0.15) is 0 Å². The molecule has 5 N–H and O–H groups in total. The zero-order valence-corrected chi connectivity index (χ0v) is 18.3. The number of carbonyl (C=O) groups excluding carboxylic acids is 3. The minimum absolute atomic E-state index is 0.141. The second kappa shape index (κ2) is 11.3. The van der Waals surface area contributed by atoms with E-state index in [4.69, 9.17) is 22.1 Å². The molecule has 0 aromatic heterocycles. The van der Waals surface area contributed by atoms with E-state index in [-0.39, 0.29) is 13.1 Å². The molecule has 166 valence electrons. The number of amides is 3. The lowest BCUT2D eigenvalue weighted by Gasteiger charge is -2.29. The maximum atomic E-state index is 12.8. The van der Waals surface area contributed by atoms with E-state index < -0.39 is 30.1 Å². The summed E-state index contributed by atoms with van der Waals surface area (Å²) in [5.74, 6) is -1.11. The topological polar surface area (TPSA) is 123 Å². The number of nitrogens with two attached hydrogens (primary N) is 1. The Labute approximate surface area is 186 Å². The lowest BCUT2D eigenvalue weighted by atomic mass is 10.0. The maximum Gasteiger partial charge on any atom is 0.411 e. The third kappa shape index (κ3) is 7.27. The Morgan fingerprint density at radius 2 is 1.77 bits per heavy atom. The van der Waals surface area contributed by atoms with Crippen LogP contribution in [-0.4, -0.2) is 36.6 Å². The van der Waals surface area contributed by atoms with Gasteiger partial charge in [0.2, 0.25) is 11.8 Å². The van der Waals surface area contributed by atoms with Gasteiger partial charge in [0.1, 0.15) is 6.61 Å². The smallest absolute Gasteiger partial charge is 0.411 e. The number of ether oxygens (including phenoxy) is 1. The molecule has 0 bridgehead atoms. The summed E-state index contributed by atoms with van der Waals surface area (Å²) in [6, 6.07) is 14.3. The molecule has 0 aliphatic carbocycles. The van der Waals surface area contributed by atoms with Crippen molar-refractivity contribution in [3.63, 3.8) is 0 Å². The molecule has 9 heteroatoms. The summed E-state index contributed by atoms with van der Waals surface area (Å²) in [6.45, 7) is 2.91. The quantitative estimate of drug-likeness (QED) is 0.471. The Morgan fingerprint density at radius 1 is 1.10 bits per heavy atom. The van der Waals surface area contributed by atoms with Gasteiger partial charge in [-0.1, -0.05) is 48.9 Å². The van der Waals surface area contributed by atoms with Crippen molar-refractivity contribution < 1.29 is 19.1 Å². The van der Waals surface area contributed by atoms with Crippen molar-refractivity contribution >= 4 is 35.2 Å². The number of anilines is 1. The monoisotopic (exact) mass is 446 g/mol. The van der Waals surface area contributed by atoms with E-state index in [0.29, 0.717) is 16.3 Å². The molecule has 2 rings (SSSR count). The van der Waals surface area contributed by atoms with E-state index in [9.17, 15) is 14.4 Å². The van der Waals surface area contributed by atoms with Crippen LogP contribution in [0.25, 0.3) is 0 Å². The van der Waals surface area contributed by atoms with Crippen molar-refractivity contribution in [1.82, 2.24) is 10.6 Å². The fourth-order valence-corrected chi connectivity index (χ4v) is 2.92. The van der Waals surface area contributed by atoms with Crippen LogP contribution in [0.1, 0.15) is 25.0 Å². The highest BCUT2D eigenvalue weighted by atomic mass is 35.5. The first-order chi connectivity index (χ1) is 14.8. The summed E-state index contributed by atoms with van der Waals surface area (Å²) in [5.41, 5.74) is 6.23. The summed E-state index contributed by atoms with van der Waals surface area (Å²) in [7, 11) is 0. The van der Waals surface area contributed by atoms with E-state index in [1.54, 1.807) is 36.4 Å². The number of hydrogen-bond donors (Lipinski definition) is 4. The normalized spacial score (nSPS) is 12.4. The van der Waals surface area contributed by atoms with Crippen LogP contribution in [0.3, 0.4) is 0 Å². The molecule has 0 saturated carbocycles. The van der Waals surface area contributed by atoms with Gasteiger partial charge in [-0.05, 0) is 42.7 Å². The Bertz CT molecular complexity index is 920. The van der Waals surface area contributed by atoms with Gasteiger partial charge in [0.25, 0.3) is 0 Å². The average Bonchev–Trinajstić information content (AvgIpc) is 2.77. The van der Waals surface area contributed by atoms with Crippen LogP contribution < -0.4 is 21.7 Å². The van der Waals surface area contributed by atoms with Crippen LogP contribution in [0, 0.1) is 0 Å². The average molecular weight is 447 g/mol. The number of carbonyl (C=O) groups is 3. The molecule has 3 amide bonds. The Hall–Kier alpha value is -3.10. The zero-order chi connectivity index (χ0) is 22.9. The van der Waals surface area contributed by atoms with E-state index in [2.05, 4.69) is 16.0 Å². The molecule has 31 heavy (non-hydrogen) atoms. The summed E-state index contributed by atoms with van der Waals surface area (Å²) in [5, 5.41) is 8.31. The van der Waals surface area contributed by atoms with Crippen molar-refractivity contribution in [3.8, 4) is 0 Å². The van der Waals surface area contributed by atoms with Crippen LogP contribution in [0.2, 0.25) is 5.02 Å². The van der Waals surface area contributed by atoms with Gasteiger partial charge in [0, 0.05) is 17.3 Å². The fraction of sp³-hybridized carbons (Fsp3) is 0.318. The summed E-state index contributed by atoms with van der Waals surface area (Å²) in [4.78, 5) is 36.9. The predicted octanol–water partition coefficient (Wildman–Crippen LogP) is 2.60. The van der Waals surface area contributed by atoms with Gasteiger partial charge in [-0.3, -0.25) is 14.9 Å². The number of benzene rings is 2. The zero-order valence-electron chi connectivity index (χ0n) is 17.5. The Kier molecular flexibility index (Phi) is 8.84. The highest BCUT2D eigenvalue weighted by Gasteiger charge is 2.36. The molecular formula is C22H27ClN4O4. The Morgan fingerprint density at radius 3 is 2.39 bits per heavy atom. The SMILES string of the molecule is CCc1ccc(NC(=O)OCC(C)(NC(=O)CN)C(=O)NCc2ccccc2Cl)cc1. The molecule has 1 unspecified atom stereocenters. The molecule has 2 aromatic carbocycles. The van der Waals surface area contributed by atoms with Gasteiger partial charge in [0.05, 0.1) is 6.54 Å². The highest BCUT2D eigenvalue weighted by Crippen LogP contribution is 2.15. The number of nitrogens with one attached hydrogen (secondary N) is 3. The first kappa shape index (κ1) is 24.2. The predicted molar refractivity (Wildman–Crippen MR) is 120 cm³/mol. The van der Waals surface area contributed by atoms with Crippen LogP contribution in [0.5, 0.6) is 0 Å². The van der Waals surface area contributed by atoms with Gasteiger partial charge in [-0.25, -0.2) is 4.79 Å². The van der Waals surface area contributed by atoms with E-state index in [1.807, 2.05) is 19.1 Å². The van der Waals surface area contributed by atoms with E-state index in [0.717, 1.165) is 12.0 Å². The minimum atomic E-state index is -1.53. The lowest BCUT2D eigenvalue weighted by Crippen LogP contribution is -2.60. The molecule has 8 nitrogen and oxygen atoms in total. The van der Waals surface area contributed by atoms with Crippen molar-refractivity contribution in [3.05, 3.63) is 64.7 Å². The molecule has 0 heterocycles. The fourth-order valence-electron chi connectivity index (χ4n) is 2.72. The molecule has 0 saturated heterocycles. The van der Waals surface area contributed by atoms with Crippen LogP contribution in [-0.2, 0) is 27.3 Å². The van der Waals surface area contributed by atoms with Crippen LogP contribution >= 0.6 is 11.6 Å². The van der Waals surface area contributed by atoms with Gasteiger partial charge in [0.15, 0.2) is 5.54 Å². The van der Waals surface area contributed by atoms with Crippen molar-refractivity contribution in [2.45, 2.75) is 32.4 Å². The molecular weight excluding hydrogens is 420 g/mol. The second-order valence-corrected chi connectivity index (χ2v) is 7.52. The second-order valence-electron chi connectivity index (χ2n) is 7.11. The highest BCUT2D eigenvalue weighted by molar-refractivity contribution is 6.31. The number of hydrogen-bond acceptors (Lipinski definition) is 5. The molecule has 1 atom stereocenters. The first-order valence-electron chi connectivity index (χ1n) is 9.83. The molecule has 0 fully saturated rings. The molecule has 0 aliphatic rings. The van der Waals surface area contributed by atoms with Crippen LogP contribution in [0.15, 0.2) is 48.5 Å². The molecule has 0 aliphatic heterocycles. The maximum absolute atomic E-state index is 12.8. The number of halogens is 1. The van der Waals surface area contributed by atoms with Gasteiger partial charge in [-0.15, -0.1) is 0 Å². The lowest BCUT2D eigenvalue weighted by molar-refractivity contribution is -0.134. The number of aryl methyl sites for hydroxylation is 1. The van der Waals surface area contributed by atoms with Crippen molar-refractivity contribution in [1.29, 1.82) is 0 Å².